The zero-order chi connectivity index (χ0) is 14.3. The van der Waals surface area contributed by atoms with Crippen molar-refractivity contribution in [3.05, 3.63) is 29.6 Å². The van der Waals surface area contributed by atoms with Gasteiger partial charge in [0, 0.05) is 19.3 Å². The number of rotatable bonds is 7. The number of carbonyl (C=O) groups excluding carboxylic acids is 1. The van der Waals surface area contributed by atoms with Crippen LogP contribution in [0.1, 0.15) is 34.7 Å². The normalized spacial score (nSPS) is 10.5. The van der Waals surface area contributed by atoms with Crippen LogP contribution < -0.4 is 5.32 Å². The van der Waals surface area contributed by atoms with Gasteiger partial charge in [-0.25, -0.2) is 4.79 Å². The number of nitrogens with zero attached hydrogens (tertiary/aromatic N) is 2. The molecule has 1 amide bonds. The maximum absolute atomic E-state index is 11.8. The summed E-state index contributed by atoms with van der Waals surface area (Å²) < 4.78 is 0. The van der Waals surface area contributed by atoms with Crippen LogP contribution in [0.5, 0.6) is 0 Å². The summed E-state index contributed by atoms with van der Waals surface area (Å²) >= 11 is 0. The first-order valence-electron chi connectivity index (χ1n) is 6.28. The Labute approximate surface area is 112 Å². The minimum Gasteiger partial charge on any atom is -0.478 e. The van der Waals surface area contributed by atoms with Gasteiger partial charge in [0.15, 0.2) is 0 Å². The highest BCUT2D eigenvalue weighted by molar-refractivity contribution is 5.95. The number of likely N-dealkylation sites (N-methyl/N-ethyl adjacent to an activating group) is 1. The Morgan fingerprint density at radius 1 is 1.37 bits per heavy atom. The number of carboxylic acids is 1. The fourth-order valence-electron chi connectivity index (χ4n) is 1.65. The van der Waals surface area contributed by atoms with E-state index in [4.69, 9.17) is 5.11 Å². The smallest absolute Gasteiger partial charge is 0.335 e. The van der Waals surface area contributed by atoms with Gasteiger partial charge >= 0.3 is 5.97 Å². The topological polar surface area (TPSA) is 82.5 Å². The van der Waals surface area contributed by atoms with Crippen molar-refractivity contribution in [2.45, 2.75) is 13.8 Å². The van der Waals surface area contributed by atoms with Crippen LogP contribution in [0.25, 0.3) is 0 Å². The van der Waals surface area contributed by atoms with Crippen molar-refractivity contribution in [3.8, 4) is 0 Å². The molecule has 0 fully saturated rings. The fourth-order valence-corrected chi connectivity index (χ4v) is 1.65. The van der Waals surface area contributed by atoms with Crippen molar-refractivity contribution in [3.63, 3.8) is 0 Å². The van der Waals surface area contributed by atoms with Crippen molar-refractivity contribution in [2.75, 3.05) is 26.2 Å². The van der Waals surface area contributed by atoms with E-state index in [1.165, 1.54) is 18.3 Å². The lowest BCUT2D eigenvalue weighted by Crippen LogP contribution is -2.35. The highest BCUT2D eigenvalue weighted by Crippen LogP contribution is 2.01. The minimum absolute atomic E-state index is 0.0592. The van der Waals surface area contributed by atoms with Crippen molar-refractivity contribution in [1.29, 1.82) is 0 Å². The van der Waals surface area contributed by atoms with Crippen LogP contribution in [-0.2, 0) is 0 Å². The molecule has 0 atom stereocenters. The van der Waals surface area contributed by atoms with Gasteiger partial charge in [-0.1, -0.05) is 13.8 Å². The number of aromatic nitrogens is 1. The van der Waals surface area contributed by atoms with Crippen LogP contribution in [0.4, 0.5) is 0 Å². The lowest BCUT2D eigenvalue weighted by molar-refractivity contribution is 0.0696. The molecule has 0 aliphatic rings. The van der Waals surface area contributed by atoms with E-state index in [1.807, 2.05) is 0 Å². The van der Waals surface area contributed by atoms with Gasteiger partial charge in [-0.3, -0.25) is 9.78 Å². The molecule has 6 nitrogen and oxygen atoms in total. The summed E-state index contributed by atoms with van der Waals surface area (Å²) in [6.45, 7) is 7.25. The molecule has 1 aromatic heterocycles. The second-order valence-corrected chi connectivity index (χ2v) is 4.02. The highest BCUT2D eigenvalue weighted by atomic mass is 16.4. The molecular formula is C13H19N3O3. The number of amides is 1. The third-order valence-corrected chi connectivity index (χ3v) is 2.85. The highest BCUT2D eigenvalue weighted by Gasteiger charge is 2.10. The van der Waals surface area contributed by atoms with Gasteiger partial charge < -0.3 is 15.3 Å². The molecule has 0 saturated heterocycles. The van der Waals surface area contributed by atoms with E-state index in [2.05, 4.69) is 29.0 Å². The first kappa shape index (κ1) is 15.1. The monoisotopic (exact) mass is 265 g/mol. The van der Waals surface area contributed by atoms with E-state index >= 15 is 0 Å². The van der Waals surface area contributed by atoms with E-state index in [9.17, 15) is 9.59 Å². The van der Waals surface area contributed by atoms with Gasteiger partial charge in [0.25, 0.3) is 5.91 Å². The molecule has 6 heteroatoms. The van der Waals surface area contributed by atoms with Crippen molar-refractivity contribution in [1.82, 2.24) is 15.2 Å². The third-order valence-electron chi connectivity index (χ3n) is 2.85. The van der Waals surface area contributed by atoms with Crippen LogP contribution >= 0.6 is 0 Å². The molecule has 0 bridgehead atoms. The number of pyridine rings is 1. The number of hydrogen-bond acceptors (Lipinski definition) is 4. The van der Waals surface area contributed by atoms with Crippen LogP contribution in [0.3, 0.4) is 0 Å². The molecular weight excluding hydrogens is 246 g/mol. The first-order valence-corrected chi connectivity index (χ1v) is 6.28. The largest absolute Gasteiger partial charge is 0.478 e. The van der Waals surface area contributed by atoms with Crippen molar-refractivity contribution >= 4 is 11.9 Å². The van der Waals surface area contributed by atoms with Crippen LogP contribution in [0, 0.1) is 0 Å². The number of hydrogen-bond donors (Lipinski definition) is 2. The lowest BCUT2D eigenvalue weighted by Gasteiger charge is -2.17. The second kappa shape index (κ2) is 7.48. The van der Waals surface area contributed by atoms with Crippen LogP contribution in [0.2, 0.25) is 0 Å². The molecule has 0 aliphatic carbocycles. The zero-order valence-electron chi connectivity index (χ0n) is 11.2. The quantitative estimate of drug-likeness (QED) is 0.763. The predicted molar refractivity (Wildman–Crippen MR) is 71.3 cm³/mol. The summed E-state index contributed by atoms with van der Waals surface area (Å²) in [5.41, 5.74) is 0.184. The number of nitrogens with one attached hydrogen (secondary N) is 1. The summed E-state index contributed by atoms with van der Waals surface area (Å²) in [7, 11) is 0. The summed E-state index contributed by atoms with van der Waals surface area (Å²) in [5.74, 6) is -1.42. The SMILES string of the molecule is CCN(CC)CCNC(=O)c1cc(C(=O)O)ccn1. The van der Waals surface area contributed by atoms with Crippen molar-refractivity contribution in [2.24, 2.45) is 0 Å². The molecule has 104 valence electrons. The summed E-state index contributed by atoms with van der Waals surface area (Å²) in [6, 6.07) is 2.63. The van der Waals surface area contributed by atoms with Gasteiger partial charge in [0.2, 0.25) is 0 Å². The Balaban J connectivity index is 2.54. The molecule has 1 rings (SSSR count). The lowest BCUT2D eigenvalue weighted by atomic mass is 10.2. The van der Waals surface area contributed by atoms with E-state index in [1.54, 1.807) is 0 Å². The van der Waals surface area contributed by atoms with Crippen LogP contribution in [0.15, 0.2) is 18.3 Å². The maximum Gasteiger partial charge on any atom is 0.335 e. The first-order chi connectivity index (χ1) is 9.08. The van der Waals surface area contributed by atoms with E-state index in [0.29, 0.717) is 6.54 Å². The molecule has 0 aromatic carbocycles. The van der Waals surface area contributed by atoms with Gasteiger partial charge in [-0.05, 0) is 25.2 Å². The Hall–Kier alpha value is -1.95. The van der Waals surface area contributed by atoms with E-state index in [0.717, 1.165) is 19.6 Å². The molecule has 1 aromatic rings. The molecule has 2 N–H and O–H groups in total. The summed E-state index contributed by atoms with van der Waals surface area (Å²) in [4.78, 5) is 28.6. The zero-order valence-corrected chi connectivity index (χ0v) is 11.2. The molecule has 0 saturated carbocycles. The van der Waals surface area contributed by atoms with Crippen LogP contribution in [-0.4, -0.2) is 53.0 Å². The molecule has 19 heavy (non-hydrogen) atoms. The number of carboxylic acid groups (broad SMARTS) is 1. The Morgan fingerprint density at radius 2 is 2.05 bits per heavy atom. The Bertz CT molecular complexity index is 445. The minimum atomic E-state index is -1.07. The van der Waals surface area contributed by atoms with E-state index < -0.39 is 5.97 Å². The second-order valence-electron chi connectivity index (χ2n) is 4.02. The van der Waals surface area contributed by atoms with Gasteiger partial charge in [-0.15, -0.1) is 0 Å². The van der Waals surface area contributed by atoms with Gasteiger partial charge in [0.05, 0.1) is 5.56 Å². The molecule has 0 aliphatic heterocycles. The molecule has 0 radical (unpaired) electrons. The molecule has 0 unspecified atom stereocenters. The molecule has 1 heterocycles. The standard InChI is InChI=1S/C13H19N3O3/c1-3-16(4-2)8-7-15-12(17)11-9-10(13(18)19)5-6-14-11/h5-6,9H,3-4,7-8H2,1-2H3,(H,15,17)(H,18,19). The fraction of sp³-hybridized carbons (Fsp3) is 0.462. The average molecular weight is 265 g/mol. The Kier molecular flexibility index (Phi) is 5.95. The third kappa shape index (κ3) is 4.67. The number of carbonyl (C=O) groups is 2. The molecule has 0 spiro atoms. The van der Waals surface area contributed by atoms with E-state index in [-0.39, 0.29) is 17.2 Å². The van der Waals surface area contributed by atoms with Crippen molar-refractivity contribution < 1.29 is 14.7 Å². The number of aromatic carboxylic acids is 1. The predicted octanol–water partition coefficient (Wildman–Crippen LogP) is 0.851. The summed E-state index contributed by atoms with van der Waals surface area (Å²) in [6.07, 6.45) is 1.32. The summed E-state index contributed by atoms with van der Waals surface area (Å²) in [5, 5.41) is 11.6. The van der Waals surface area contributed by atoms with Gasteiger partial charge in [-0.2, -0.15) is 0 Å². The Morgan fingerprint density at radius 3 is 2.63 bits per heavy atom. The average Bonchev–Trinajstić information content (AvgIpc) is 2.43. The van der Waals surface area contributed by atoms with Gasteiger partial charge in [0.1, 0.15) is 5.69 Å². The maximum atomic E-state index is 11.8.